The minimum Gasteiger partial charge on any atom is -0.485 e. The van der Waals surface area contributed by atoms with Crippen molar-refractivity contribution in [3.8, 4) is 16.3 Å². The zero-order valence-electron chi connectivity index (χ0n) is 24.0. The maximum Gasteiger partial charge on any atom is 0.317 e. The molecule has 1 aromatic heterocycles. The molecule has 0 radical (unpaired) electrons. The van der Waals surface area contributed by atoms with Crippen LogP contribution in [0.2, 0.25) is 0 Å². The number of hydrogen-bond acceptors (Lipinski definition) is 7. The number of anilines is 1. The number of ether oxygens (including phenoxy) is 1. The molecule has 0 spiro atoms. The maximum absolute atomic E-state index is 13.7. The van der Waals surface area contributed by atoms with Gasteiger partial charge in [0.15, 0.2) is 5.75 Å². The minimum atomic E-state index is -0.506. The van der Waals surface area contributed by atoms with E-state index < -0.39 is 12.1 Å². The van der Waals surface area contributed by atoms with Crippen LogP contribution in [0.1, 0.15) is 48.4 Å². The second kappa shape index (κ2) is 13.1. The van der Waals surface area contributed by atoms with Gasteiger partial charge in [0.2, 0.25) is 0 Å². The fourth-order valence-corrected chi connectivity index (χ4v) is 5.24. The number of aliphatic hydroxyl groups excluding tert-OH is 1. The Morgan fingerprint density at radius 2 is 1.93 bits per heavy atom. The quantitative estimate of drug-likeness (QED) is 0.365. The summed E-state index contributed by atoms with van der Waals surface area (Å²) in [7, 11) is 1.69. The number of benzene rings is 2. The van der Waals surface area contributed by atoms with Gasteiger partial charge in [0.25, 0.3) is 11.8 Å². The Balaban J connectivity index is 1.66. The van der Waals surface area contributed by atoms with Crippen LogP contribution in [0.3, 0.4) is 0 Å². The van der Waals surface area contributed by atoms with Crippen molar-refractivity contribution in [3.05, 3.63) is 65.2 Å². The Bertz CT molecular complexity index is 1360. The Morgan fingerprint density at radius 1 is 1.20 bits per heavy atom. The van der Waals surface area contributed by atoms with E-state index >= 15 is 0 Å². The summed E-state index contributed by atoms with van der Waals surface area (Å²) in [5.41, 5.74) is 1.96. The summed E-state index contributed by atoms with van der Waals surface area (Å²) in [5, 5.41) is 18.5. The third-order valence-electron chi connectivity index (χ3n) is 6.98. The largest absolute Gasteiger partial charge is 0.485 e. The van der Waals surface area contributed by atoms with E-state index in [2.05, 4.69) is 15.6 Å². The Hall–Kier alpha value is -3.96. The van der Waals surface area contributed by atoms with Crippen molar-refractivity contribution < 1.29 is 24.2 Å². The van der Waals surface area contributed by atoms with Crippen molar-refractivity contribution in [2.24, 2.45) is 5.92 Å². The van der Waals surface area contributed by atoms with Crippen LogP contribution in [0.15, 0.2) is 54.0 Å². The van der Waals surface area contributed by atoms with Gasteiger partial charge in [-0.2, -0.15) is 0 Å². The van der Waals surface area contributed by atoms with Crippen LogP contribution < -0.4 is 15.4 Å². The third kappa shape index (κ3) is 7.04. The van der Waals surface area contributed by atoms with Crippen LogP contribution in [0.5, 0.6) is 5.75 Å². The lowest BCUT2D eigenvalue weighted by Gasteiger charge is -2.38. The number of para-hydroxylation sites is 1. The molecule has 0 saturated heterocycles. The number of nitrogens with one attached hydrogen (secondary N) is 2. The first kappa shape index (κ1) is 30.0. The fraction of sp³-hybridized carbons (Fsp3) is 0.400. The summed E-state index contributed by atoms with van der Waals surface area (Å²) in [6.07, 6.45) is 1.23. The highest BCUT2D eigenvalue weighted by atomic mass is 32.1. The molecule has 3 aromatic rings. The summed E-state index contributed by atoms with van der Waals surface area (Å²) < 4.78 is 6.49. The number of rotatable bonds is 8. The van der Waals surface area contributed by atoms with Gasteiger partial charge < -0.3 is 30.3 Å². The zero-order valence-corrected chi connectivity index (χ0v) is 24.8. The van der Waals surface area contributed by atoms with Crippen molar-refractivity contribution in [1.82, 2.24) is 20.1 Å². The van der Waals surface area contributed by atoms with Gasteiger partial charge in [-0.1, -0.05) is 25.1 Å². The molecule has 218 valence electrons. The van der Waals surface area contributed by atoms with Gasteiger partial charge in [0, 0.05) is 48.3 Å². The molecule has 10 nitrogen and oxygen atoms in total. The van der Waals surface area contributed by atoms with E-state index in [1.807, 2.05) is 38.3 Å². The summed E-state index contributed by atoms with van der Waals surface area (Å²) in [6.45, 7) is 7.87. The van der Waals surface area contributed by atoms with Crippen LogP contribution in [-0.4, -0.2) is 82.7 Å². The molecule has 0 aliphatic carbocycles. The molecule has 2 aromatic carbocycles. The monoisotopic (exact) mass is 579 g/mol. The molecule has 1 aliphatic heterocycles. The average Bonchev–Trinajstić information content (AvgIpc) is 3.49. The van der Waals surface area contributed by atoms with E-state index in [-0.39, 0.29) is 54.3 Å². The molecule has 4 rings (SSSR count). The number of thiazole rings is 1. The lowest BCUT2D eigenvalue weighted by molar-refractivity contribution is 0.0368. The summed E-state index contributed by atoms with van der Waals surface area (Å²) in [4.78, 5) is 47.1. The molecule has 0 fully saturated rings. The van der Waals surface area contributed by atoms with E-state index in [1.54, 1.807) is 60.3 Å². The van der Waals surface area contributed by atoms with Crippen molar-refractivity contribution >= 4 is 34.9 Å². The van der Waals surface area contributed by atoms with Crippen molar-refractivity contribution in [2.45, 2.75) is 45.9 Å². The predicted molar refractivity (Wildman–Crippen MR) is 159 cm³/mol. The molecule has 4 amide bonds. The summed E-state index contributed by atoms with van der Waals surface area (Å²) in [5.74, 6) is -0.630. The number of aromatic nitrogens is 1. The first-order valence-electron chi connectivity index (χ1n) is 13.6. The molecule has 0 bridgehead atoms. The average molecular weight is 580 g/mol. The topological polar surface area (TPSA) is 124 Å². The minimum absolute atomic E-state index is 0.0303. The van der Waals surface area contributed by atoms with Gasteiger partial charge >= 0.3 is 6.03 Å². The molecular formula is C30H37N5O5S. The number of carbonyl (C=O) groups excluding carboxylic acids is 3. The van der Waals surface area contributed by atoms with Crippen molar-refractivity contribution in [2.75, 3.05) is 32.1 Å². The van der Waals surface area contributed by atoms with Crippen molar-refractivity contribution in [3.63, 3.8) is 0 Å². The summed E-state index contributed by atoms with van der Waals surface area (Å²) in [6, 6.07) is 11.4. The first-order valence-corrected chi connectivity index (χ1v) is 14.5. The number of urea groups is 1. The van der Waals surface area contributed by atoms with E-state index in [0.717, 1.165) is 10.6 Å². The van der Waals surface area contributed by atoms with E-state index in [1.165, 1.54) is 11.3 Å². The van der Waals surface area contributed by atoms with E-state index in [9.17, 15) is 19.5 Å². The second-order valence-corrected chi connectivity index (χ2v) is 11.6. The van der Waals surface area contributed by atoms with Crippen LogP contribution in [0.25, 0.3) is 10.6 Å². The molecule has 3 atom stereocenters. The molecule has 2 heterocycles. The van der Waals surface area contributed by atoms with Crippen LogP contribution in [0, 0.1) is 5.92 Å². The van der Waals surface area contributed by atoms with Gasteiger partial charge in [0.1, 0.15) is 11.1 Å². The molecule has 0 unspecified atom stereocenters. The van der Waals surface area contributed by atoms with E-state index in [4.69, 9.17) is 4.74 Å². The highest BCUT2D eigenvalue weighted by molar-refractivity contribution is 7.13. The van der Waals surface area contributed by atoms with Crippen molar-refractivity contribution in [1.29, 1.82) is 0 Å². The highest BCUT2D eigenvalue weighted by Gasteiger charge is 2.35. The Labute approximate surface area is 244 Å². The van der Waals surface area contributed by atoms with Gasteiger partial charge in [-0.05, 0) is 45.0 Å². The lowest BCUT2D eigenvalue weighted by atomic mass is 9.99. The number of nitrogens with zero attached hydrogens (tertiary/aromatic N) is 3. The second-order valence-electron chi connectivity index (χ2n) is 10.7. The SMILES string of the molecule is CC(C)NC(=O)N(C)C[C@@H]1Oc2c(NC(=O)c3ccc(-c4nccs4)cc3)cccc2C(=O)N([C@H](C)CO)C[C@@H]1C. The lowest BCUT2D eigenvalue weighted by Crippen LogP contribution is -2.51. The van der Waals surface area contributed by atoms with Gasteiger partial charge in [-0.25, -0.2) is 9.78 Å². The van der Waals surface area contributed by atoms with E-state index in [0.29, 0.717) is 17.8 Å². The van der Waals surface area contributed by atoms with Gasteiger partial charge in [0.05, 0.1) is 30.4 Å². The number of likely N-dealkylation sites (N-methyl/N-ethyl adjacent to an activating group) is 1. The standard InChI is InChI=1S/C30H37N5O5S/c1-18(2)32-30(39)34(5)16-25-19(3)15-35(20(4)17-36)29(38)23-7-6-8-24(26(23)40-25)33-27(37)21-9-11-22(12-10-21)28-31-13-14-41-28/h6-14,18-20,25,36H,15-17H2,1-5H3,(H,32,39)(H,33,37)/t19-,20+,25-/m0/s1. The molecule has 3 N–H and O–H groups in total. The first-order chi connectivity index (χ1) is 19.6. The third-order valence-corrected chi connectivity index (χ3v) is 7.80. The number of aliphatic hydroxyl groups is 1. The van der Waals surface area contributed by atoms with Crippen LogP contribution >= 0.6 is 11.3 Å². The molecule has 1 aliphatic rings. The molecule has 41 heavy (non-hydrogen) atoms. The Morgan fingerprint density at radius 3 is 2.56 bits per heavy atom. The fourth-order valence-electron chi connectivity index (χ4n) is 4.59. The van der Waals surface area contributed by atoms with Crippen LogP contribution in [-0.2, 0) is 0 Å². The van der Waals surface area contributed by atoms with Gasteiger partial charge in [-0.15, -0.1) is 11.3 Å². The maximum atomic E-state index is 13.7. The van der Waals surface area contributed by atoms with Crippen LogP contribution in [0.4, 0.5) is 10.5 Å². The normalized spacial score (nSPS) is 17.6. The zero-order chi connectivity index (χ0) is 29.7. The number of fused-ring (bicyclic) bond motifs is 1. The smallest absolute Gasteiger partial charge is 0.317 e. The predicted octanol–water partition coefficient (Wildman–Crippen LogP) is 4.33. The summed E-state index contributed by atoms with van der Waals surface area (Å²) >= 11 is 1.52. The number of carbonyl (C=O) groups is 3. The number of amides is 4. The Kier molecular flexibility index (Phi) is 9.61. The van der Waals surface area contributed by atoms with Gasteiger partial charge in [-0.3, -0.25) is 9.59 Å². The number of hydrogen-bond donors (Lipinski definition) is 3. The molecule has 11 heteroatoms. The molecular weight excluding hydrogens is 542 g/mol. The highest BCUT2D eigenvalue weighted by Crippen LogP contribution is 2.35. The molecule has 0 saturated carbocycles.